The Morgan fingerprint density at radius 1 is 0.727 bits per heavy atom. The Balaban J connectivity index is 1.98. The van der Waals surface area contributed by atoms with E-state index in [9.17, 15) is 0 Å². The minimum atomic E-state index is 0.0416. The molecule has 0 nitrogen and oxygen atoms in total. The number of halogens is 1. The predicted octanol–water partition coefficient (Wildman–Crippen LogP) is 6.42. The number of benzene rings is 3. The molecule has 0 saturated carbocycles. The average Bonchev–Trinajstić information content (AvgIpc) is 2.77. The summed E-state index contributed by atoms with van der Waals surface area (Å²) >= 11 is 3.75. The quantitative estimate of drug-likeness (QED) is 0.475. The van der Waals surface area contributed by atoms with E-state index < -0.39 is 0 Å². The van der Waals surface area contributed by atoms with Gasteiger partial charge < -0.3 is 0 Å². The molecule has 3 aromatic rings. The third-order valence-electron chi connectivity index (χ3n) is 4.73. The van der Waals surface area contributed by atoms with E-state index in [1.54, 1.807) is 0 Å². The predicted molar refractivity (Wildman–Crippen MR) is 97.1 cm³/mol. The van der Waals surface area contributed by atoms with Crippen molar-refractivity contribution in [2.24, 2.45) is 0 Å². The molecule has 0 bridgehead atoms. The molecule has 0 amide bonds. The summed E-state index contributed by atoms with van der Waals surface area (Å²) in [6, 6.07) is 24.0. The third-order valence-corrected chi connectivity index (χ3v) is 5.39. The summed E-state index contributed by atoms with van der Waals surface area (Å²) in [5.41, 5.74) is 8.12. The Kier molecular flexibility index (Phi) is 3.02. The van der Waals surface area contributed by atoms with Crippen molar-refractivity contribution in [3.05, 3.63) is 82.3 Å². The van der Waals surface area contributed by atoms with E-state index >= 15 is 0 Å². The first-order valence-corrected chi connectivity index (χ1v) is 8.37. The second kappa shape index (κ2) is 4.82. The first-order valence-electron chi connectivity index (χ1n) is 7.58. The van der Waals surface area contributed by atoms with Gasteiger partial charge in [0.1, 0.15) is 0 Å². The Morgan fingerprint density at radius 3 is 2.27 bits per heavy atom. The average molecular weight is 349 g/mol. The summed E-state index contributed by atoms with van der Waals surface area (Å²) in [4.78, 5) is 0. The summed E-state index contributed by atoms with van der Waals surface area (Å²) in [6.45, 7) is 4.62. The second-order valence-electron chi connectivity index (χ2n) is 6.41. The largest absolute Gasteiger partial charge is 0.0622 e. The summed E-state index contributed by atoms with van der Waals surface area (Å²) in [6.07, 6.45) is 0. The normalized spacial score (nSPS) is 14.5. The molecule has 0 N–H and O–H groups in total. The molecule has 0 spiro atoms. The highest BCUT2D eigenvalue weighted by atomic mass is 79.9. The van der Waals surface area contributed by atoms with Crippen molar-refractivity contribution in [1.29, 1.82) is 0 Å². The van der Waals surface area contributed by atoms with Gasteiger partial charge in [-0.15, -0.1) is 0 Å². The lowest BCUT2D eigenvalue weighted by Crippen LogP contribution is -2.15. The van der Waals surface area contributed by atoms with Crippen LogP contribution in [0, 0.1) is 0 Å². The van der Waals surface area contributed by atoms with Crippen LogP contribution in [-0.4, -0.2) is 0 Å². The van der Waals surface area contributed by atoms with E-state index in [1.165, 1.54) is 37.9 Å². The van der Waals surface area contributed by atoms with Gasteiger partial charge in [0.05, 0.1) is 0 Å². The van der Waals surface area contributed by atoms with E-state index in [-0.39, 0.29) is 5.41 Å². The molecule has 22 heavy (non-hydrogen) atoms. The Morgan fingerprint density at radius 2 is 1.50 bits per heavy atom. The van der Waals surface area contributed by atoms with Crippen molar-refractivity contribution in [1.82, 2.24) is 0 Å². The fraction of sp³-hybridized carbons (Fsp3) is 0.143. The van der Waals surface area contributed by atoms with Crippen molar-refractivity contribution in [3.8, 4) is 22.3 Å². The van der Waals surface area contributed by atoms with Gasteiger partial charge in [0.15, 0.2) is 0 Å². The van der Waals surface area contributed by atoms with E-state index in [2.05, 4.69) is 96.5 Å². The van der Waals surface area contributed by atoms with Gasteiger partial charge in [-0.05, 0) is 45.5 Å². The monoisotopic (exact) mass is 348 g/mol. The zero-order valence-electron chi connectivity index (χ0n) is 12.7. The molecule has 3 aromatic carbocycles. The minimum Gasteiger partial charge on any atom is -0.0622 e. The van der Waals surface area contributed by atoms with Gasteiger partial charge in [-0.25, -0.2) is 0 Å². The number of hydrogen-bond acceptors (Lipinski definition) is 0. The zero-order chi connectivity index (χ0) is 15.3. The minimum absolute atomic E-state index is 0.0416. The smallest absolute Gasteiger partial charge is 0.0222 e. The van der Waals surface area contributed by atoms with Gasteiger partial charge in [0, 0.05) is 9.89 Å². The molecule has 0 heterocycles. The van der Waals surface area contributed by atoms with Crippen LogP contribution in [0.15, 0.2) is 71.2 Å². The summed E-state index contributed by atoms with van der Waals surface area (Å²) < 4.78 is 1.20. The first kappa shape index (κ1) is 13.8. The van der Waals surface area contributed by atoms with Crippen molar-refractivity contribution < 1.29 is 0 Å². The molecule has 1 heteroatoms. The summed E-state index contributed by atoms with van der Waals surface area (Å²) in [7, 11) is 0. The van der Waals surface area contributed by atoms with E-state index in [0.717, 1.165) is 0 Å². The molecule has 0 fully saturated rings. The molecule has 1 aliphatic carbocycles. The molecular weight excluding hydrogens is 332 g/mol. The molecule has 0 aliphatic heterocycles. The van der Waals surface area contributed by atoms with Crippen LogP contribution in [0.1, 0.15) is 25.0 Å². The highest BCUT2D eigenvalue weighted by Gasteiger charge is 2.36. The fourth-order valence-electron chi connectivity index (χ4n) is 3.64. The van der Waals surface area contributed by atoms with Crippen LogP contribution in [0.5, 0.6) is 0 Å². The second-order valence-corrected chi connectivity index (χ2v) is 7.27. The van der Waals surface area contributed by atoms with Crippen LogP contribution < -0.4 is 0 Å². The lowest BCUT2D eigenvalue weighted by Gasteiger charge is -2.22. The molecule has 0 unspecified atom stereocenters. The Bertz CT molecular complexity index is 860. The third kappa shape index (κ3) is 1.89. The van der Waals surface area contributed by atoms with Crippen molar-refractivity contribution in [2.75, 3.05) is 0 Å². The topological polar surface area (TPSA) is 0 Å². The first-order chi connectivity index (χ1) is 10.6. The number of fused-ring (bicyclic) bond motifs is 3. The SMILES string of the molecule is CC1(C)c2ccc(-c3ccccc3)cc2-c2cccc(Br)c21. The van der Waals surface area contributed by atoms with Crippen molar-refractivity contribution in [3.63, 3.8) is 0 Å². The van der Waals surface area contributed by atoms with Gasteiger partial charge in [0.2, 0.25) is 0 Å². The van der Waals surface area contributed by atoms with Gasteiger partial charge in [-0.1, -0.05) is 84.4 Å². The molecule has 0 atom stereocenters. The van der Waals surface area contributed by atoms with Gasteiger partial charge in [-0.2, -0.15) is 0 Å². The lowest BCUT2D eigenvalue weighted by molar-refractivity contribution is 0.657. The van der Waals surface area contributed by atoms with Crippen LogP contribution >= 0.6 is 15.9 Å². The fourth-order valence-corrected chi connectivity index (χ4v) is 4.50. The molecule has 1 aliphatic rings. The highest BCUT2D eigenvalue weighted by molar-refractivity contribution is 9.10. The number of hydrogen-bond donors (Lipinski definition) is 0. The maximum Gasteiger partial charge on any atom is 0.0222 e. The summed E-state index contributed by atoms with van der Waals surface area (Å²) in [5.74, 6) is 0. The van der Waals surface area contributed by atoms with Crippen LogP contribution in [-0.2, 0) is 5.41 Å². The lowest BCUT2D eigenvalue weighted by atomic mass is 9.82. The van der Waals surface area contributed by atoms with E-state index in [0.29, 0.717) is 0 Å². The van der Waals surface area contributed by atoms with Crippen LogP contribution in [0.25, 0.3) is 22.3 Å². The summed E-state index contributed by atoms with van der Waals surface area (Å²) in [5, 5.41) is 0. The maximum absolute atomic E-state index is 3.75. The van der Waals surface area contributed by atoms with Gasteiger partial charge in [0.25, 0.3) is 0 Å². The molecular formula is C21H17Br. The van der Waals surface area contributed by atoms with Crippen LogP contribution in [0.3, 0.4) is 0 Å². The van der Waals surface area contributed by atoms with Gasteiger partial charge >= 0.3 is 0 Å². The molecule has 0 saturated heterocycles. The Hall–Kier alpha value is -1.86. The van der Waals surface area contributed by atoms with Crippen LogP contribution in [0.4, 0.5) is 0 Å². The van der Waals surface area contributed by atoms with Crippen molar-refractivity contribution >= 4 is 15.9 Å². The molecule has 108 valence electrons. The van der Waals surface area contributed by atoms with Crippen LogP contribution in [0.2, 0.25) is 0 Å². The maximum atomic E-state index is 3.75. The zero-order valence-corrected chi connectivity index (χ0v) is 14.3. The van der Waals surface area contributed by atoms with Crippen molar-refractivity contribution in [2.45, 2.75) is 19.3 Å². The van der Waals surface area contributed by atoms with E-state index in [1.807, 2.05) is 0 Å². The molecule has 4 rings (SSSR count). The molecule has 0 radical (unpaired) electrons. The Labute approximate surface area is 140 Å². The van der Waals surface area contributed by atoms with E-state index in [4.69, 9.17) is 0 Å². The molecule has 0 aromatic heterocycles. The number of rotatable bonds is 1. The highest BCUT2D eigenvalue weighted by Crippen LogP contribution is 2.51. The van der Waals surface area contributed by atoms with Gasteiger partial charge in [-0.3, -0.25) is 0 Å². The standard InChI is InChI=1S/C21H17Br/c1-21(2)18-12-11-15(14-7-4-3-5-8-14)13-17(18)16-9-6-10-19(22)20(16)21/h3-13H,1-2H3.